The predicted octanol–water partition coefficient (Wildman–Crippen LogP) is 4.25. The van der Waals surface area contributed by atoms with E-state index in [0.717, 1.165) is 19.3 Å². The molecule has 0 spiro atoms. The second-order valence-electron chi connectivity index (χ2n) is 8.50. The maximum atomic E-state index is 12.1. The fourth-order valence-electron chi connectivity index (χ4n) is 6.36. The average Bonchev–Trinajstić information content (AvgIpc) is 2.93. The molecule has 0 radical (unpaired) electrons. The molecule has 0 aliphatic heterocycles. The van der Waals surface area contributed by atoms with Gasteiger partial charge in [0.2, 0.25) is 0 Å². The highest BCUT2D eigenvalue weighted by molar-refractivity contribution is 5.94. The topological polar surface area (TPSA) is 34.1 Å². The zero-order valence-electron chi connectivity index (χ0n) is 13.9. The first kappa shape index (κ1) is 14.4. The van der Waals surface area contributed by atoms with Gasteiger partial charge in [-0.15, -0.1) is 0 Å². The van der Waals surface area contributed by atoms with Gasteiger partial charge in [0.25, 0.3) is 0 Å². The number of hydrogen-bond donors (Lipinski definition) is 0. The Labute approximate surface area is 133 Å². The lowest BCUT2D eigenvalue weighted by molar-refractivity contribution is -0.124. The van der Waals surface area contributed by atoms with Crippen LogP contribution in [-0.2, 0) is 9.59 Å². The smallest absolute Gasteiger partial charge is 0.156 e. The third-order valence-electron chi connectivity index (χ3n) is 7.51. The number of carbonyl (C=O) groups excluding carboxylic acids is 2. The monoisotopic (exact) mass is 298 g/mol. The average molecular weight is 298 g/mol. The van der Waals surface area contributed by atoms with E-state index < -0.39 is 0 Å². The van der Waals surface area contributed by atoms with Crippen LogP contribution in [0.25, 0.3) is 0 Å². The second-order valence-corrected chi connectivity index (χ2v) is 8.50. The normalized spacial score (nSPS) is 46.5. The highest BCUT2D eigenvalue weighted by atomic mass is 16.1. The molecule has 0 N–H and O–H groups in total. The fourth-order valence-corrected chi connectivity index (χ4v) is 6.36. The number of ketones is 2. The zero-order chi connectivity index (χ0) is 15.7. The Morgan fingerprint density at radius 2 is 2.00 bits per heavy atom. The lowest BCUT2D eigenvalue weighted by Gasteiger charge is -2.54. The fraction of sp³-hybridized carbons (Fsp3) is 0.700. The van der Waals surface area contributed by atoms with Gasteiger partial charge in [-0.25, -0.2) is 0 Å². The molecule has 2 heteroatoms. The standard InChI is InChI=1S/C20H26O2/c1-12(21)16-6-7-17-15-5-4-13-10-14(22)11-20(13,3)18(15)8-9-19(16,17)2/h7,10,15-16,18H,4-6,8-9,11H2,1-3H3/t15-,16+,18-,19+,20-/m1/s1. The minimum Gasteiger partial charge on any atom is -0.300 e. The van der Waals surface area contributed by atoms with E-state index in [1.54, 1.807) is 12.5 Å². The molecule has 0 bridgehead atoms. The lowest BCUT2D eigenvalue weighted by atomic mass is 9.50. The molecule has 5 atom stereocenters. The number of Topliss-reactive ketones (excluding diaryl/α,β-unsaturated/α-hetero) is 1. The van der Waals surface area contributed by atoms with E-state index in [-0.39, 0.29) is 16.7 Å². The summed E-state index contributed by atoms with van der Waals surface area (Å²) in [5, 5.41) is 0. The summed E-state index contributed by atoms with van der Waals surface area (Å²) in [5.41, 5.74) is 3.15. The van der Waals surface area contributed by atoms with Crippen LogP contribution >= 0.6 is 0 Å². The van der Waals surface area contributed by atoms with Gasteiger partial charge in [0.15, 0.2) is 5.78 Å². The van der Waals surface area contributed by atoms with E-state index in [1.165, 1.54) is 18.4 Å². The minimum absolute atomic E-state index is 0.0905. The molecule has 118 valence electrons. The lowest BCUT2D eigenvalue weighted by Crippen LogP contribution is -2.46. The summed E-state index contributed by atoms with van der Waals surface area (Å²) in [6, 6.07) is 0. The van der Waals surface area contributed by atoms with Crippen LogP contribution in [0.4, 0.5) is 0 Å². The highest BCUT2D eigenvalue weighted by Gasteiger charge is 2.57. The third-order valence-corrected chi connectivity index (χ3v) is 7.51. The van der Waals surface area contributed by atoms with E-state index in [0.29, 0.717) is 29.8 Å². The molecule has 22 heavy (non-hydrogen) atoms. The Hall–Kier alpha value is -1.18. The van der Waals surface area contributed by atoms with E-state index in [1.807, 2.05) is 6.08 Å². The molecule has 0 heterocycles. The molecule has 4 rings (SSSR count). The van der Waals surface area contributed by atoms with Gasteiger partial charge in [-0.05, 0) is 67.8 Å². The SMILES string of the molecule is CC(=O)[C@@H]1CC=C2[C@H]3CCC4=CC(=O)C[C@@]4(C)[C@@H]3CC[C@]21C. The third kappa shape index (κ3) is 1.67. The number of allylic oxidation sites excluding steroid dienone is 4. The van der Waals surface area contributed by atoms with Crippen molar-refractivity contribution in [2.75, 3.05) is 0 Å². The van der Waals surface area contributed by atoms with Crippen LogP contribution in [-0.4, -0.2) is 11.6 Å². The molecule has 0 aromatic heterocycles. The van der Waals surface area contributed by atoms with E-state index in [2.05, 4.69) is 19.9 Å². The number of hydrogen-bond acceptors (Lipinski definition) is 2. The molecule has 0 unspecified atom stereocenters. The van der Waals surface area contributed by atoms with Gasteiger partial charge in [-0.3, -0.25) is 9.59 Å². The predicted molar refractivity (Wildman–Crippen MR) is 86.2 cm³/mol. The van der Waals surface area contributed by atoms with E-state index in [4.69, 9.17) is 0 Å². The first-order valence-corrected chi connectivity index (χ1v) is 8.81. The van der Waals surface area contributed by atoms with Gasteiger partial charge >= 0.3 is 0 Å². The first-order chi connectivity index (χ1) is 10.4. The van der Waals surface area contributed by atoms with Crippen LogP contribution in [0.5, 0.6) is 0 Å². The largest absolute Gasteiger partial charge is 0.300 e. The Balaban J connectivity index is 1.70. The molecule has 0 aromatic carbocycles. The highest BCUT2D eigenvalue weighted by Crippen LogP contribution is 2.65. The summed E-state index contributed by atoms with van der Waals surface area (Å²) in [5.74, 6) is 2.07. The van der Waals surface area contributed by atoms with Gasteiger partial charge in [-0.1, -0.05) is 31.1 Å². The number of carbonyl (C=O) groups is 2. The number of fused-ring (bicyclic) bond motifs is 5. The van der Waals surface area contributed by atoms with Crippen LogP contribution < -0.4 is 0 Å². The maximum Gasteiger partial charge on any atom is 0.156 e. The van der Waals surface area contributed by atoms with Crippen molar-refractivity contribution >= 4 is 11.6 Å². The van der Waals surface area contributed by atoms with Crippen LogP contribution in [0.1, 0.15) is 59.3 Å². The summed E-state index contributed by atoms with van der Waals surface area (Å²) < 4.78 is 0. The van der Waals surface area contributed by atoms with E-state index in [9.17, 15) is 9.59 Å². The van der Waals surface area contributed by atoms with Gasteiger partial charge in [-0.2, -0.15) is 0 Å². The minimum atomic E-state index is 0.0905. The molecule has 0 aromatic rings. The van der Waals surface area contributed by atoms with Crippen LogP contribution in [0, 0.1) is 28.6 Å². The quantitative estimate of drug-likeness (QED) is 0.678. The second kappa shape index (κ2) is 4.43. The molecule has 2 nitrogen and oxygen atoms in total. The van der Waals surface area contributed by atoms with Crippen LogP contribution in [0.2, 0.25) is 0 Å². The van der Waals surface area contributed by atoms with E-state index >= 15 is 0 Å². The number of rotatable bonds is 1. The van der Waals surface area contributed by atoms with Gasteiger partial charge < -0.3 is 0 Å². The zero-order valence-corrected chi connectivity index (χ0v) is 13.9. The van der Waals surface area contributed by atoms with Crippen molar-refractivity contribution in [1.29, 1.82) is 0 Å². The summed E-state index contributed by atoms with van der Waals surface area (Å²) in [7, 11) is 0. The van der Waals surface area contributed by atoms with Gasteiger partial charge in [0.05, 0.1) is 0 Å². The van der Waals surface area contributed by atoms with Crippen molar-refractivity contribution in [3.8, 4) is 0 Å². The van der Waals surface area contributed by atoms with Crippen LogP contribution in [0.15, 0.2) is 23.3 Å². The Bertz CT molecular complexity index is 626. The molecule has 4 aliphatic carbocycles. The molecule has 0 amide bonds. The molecule has 4 aliphatic rings. The van der Waals surface area contributed by atoms with Gasteiger partial charge in [0.1, 0.15) is 5.78 Å². The molecule has 0 saturated heterocycles. The maximum absolute atomic E-state index is 12.1. The van der Waals surface area contributed by atoms with Crippen molar-refractivity contribution in [3.63, 3.8) is 0 Å². The summed E-state index contributed by atoms with van der Waals surface area (Å²) in [6.45, 7) is 6.40. The summed E-state index contributed by atoms with van der Waals surface area (Å²) in [6.07, 6.45) is 10.5. The van der Waals surface area contributed by atoms with Crippen LogP contribution in [0.3, 0.4) is 0 Å². The molecular formula is C20H26O2. The molecule has 2 saturated carbocycles. The van der Waals surface area contributed by atoms with Crippen molar-refractivity contribution in [2.45, 2.75) is 59.3 Å². The first-order valence-electron chi connectivity index (χ1n) is 8.81. The Morgan fingerprint density at radius 1 is 1.23 bits per heavy atom. The molecular weight excluding hydrogens is 272 g/mol. The Kier molecular flexibility index (Phi) is 2.90. The van der Waals surface area contributed by atoms with Crippen molar-refractivity contribution in [2.24, 2.45) is 28.6 Å². The van der Waals surface area contributed by atoms with Gasteiger partial charge in [0, 0.05) is 12.3 Å². The summed E-state index contributed by atoms with van der Waals surface area (Å²) >= 11 is 0. The molecule has 2 fully saturated rings. The van der Waals surface area contributed by atoms with Crippen molar-refractivity contribution in [3.05, 3.63) is 23.3 Å². The Morgan fingerprint density at radius 3 is 2.73 bits per heavy atom. The summed E-state index contributed by atoms with van der Waals surface area (Å²) in [4.78, 5) is 24.1. The van der Waals surface area contributed by atoms with Crippen molar-refractivity contribution in [1.82, 2.24) is 0 Å². The van der Waals surface area contributed by atoms with Crippen molar-refractivity contribution < 1.29 is 9.59 Å².